The van der Waals surface area contributed by atoms with Gasteiger partial charge in [0.1, 0.15) is 5.82 Å². The maximum absolute atomic E-state index is 13.8. The number of carbonyl (C=O) groups excluding carboxylic acids is 1. The van der Waals surface area contributed by atoms with Crippen LogP contribution in [-0.4, -0.2) is 30.7 Å². The van der Waals surface area contributed by atoms with Crippen LogP contribution in [0, 0.1) is 11.7 Å². The largest absolute Gasteiger partial charge is 0.371 e. The monoisotopic (exact) mass is 365 g/mol. The number of rotatable bonds is 5. The number of hydrogen-bond acceptors (Lipinski definition) is 4. The van der Waals surface area contributed by atoms with Crippen molar-refractivity contribution in [2.75, 3.05) is 24.5 Å². The van der Waals surface area contributed by atoms with Crippen molar-refractivity contribution in [1.82, 2.24) is 10.5 Å². The Hall–Kier alpha value is -3.15. The molecule has 1 amide bonds. The molecule has 0 bridgehead atoms. The van der Waals surface area contributed by atoms with Crippen LogP contribution in [0.15, 0.2) is 65.2 Å². The van der Waals surface area contributed by atoms with E-state index in [1.165, 1.54) is 17.8 Å². The first-order valence-electron chi connectivity index (χ1n) is 9.00. The Labute approximate surface area is 156 Å². The van der Waals surface area contributed by atoms with Gasteiger partial charge in [-0.25, -0.2) is 4.39 Å². The number of amides is 1. The average Bonchev–Trinajstić information content (AvgIpc) is 3.37. The van der Waals surface area contributed by atoms with Gasteiger partial charge < -0.3 is 14.7 Å². The lowest BCUT2D eigenvalue weighted by Gasteiger charge is -2.18. The zero-order valence-corrected chi connectivity index (χ0v) is 14.8. The van der Waals surface area contributed by atoms with E-state index in [4.69, 9.17) is 4.52 Å². The number of nitrogens with zero attached hydrogens (tertiary/aromatic N) is 2. The average molecular weight is 365 g/mol. The second kappa shape index (κ2) is 7.61. The third-order valence-electron chi connectivity index (χ3n) is 4.84. The zero-order chi connectivity index (χ0) is 18.6. The molecule has 1 aliphatic rings. The highest BCUT2D eigenvalue weighted by molar-refractivity contribution is 5.93. The highest BCUT2D eigenvalue weighted by atomic mass is 19.1. The summed E-state index contributed by atoms with van der Waals surface area (Å²) < 4.78 is 19.0. The predicted molar refractivity (Wildman–Crippen MR) is 101 cm³/mol. The number of para-hydroxylation sites is 1. The van der Waals surface area contributed by atoms with E-state index in [9.17, 15) is 9.18 Å². The maximum atomic E-state index is 13.8. The van der Waals surface area contributed by atoms with Gasteiger partial charge in [0.2, 0.25) is 0 Å². The zero-order valence-electron chi connectivity index (χ0n) is 14.8. The maximum Gasteiger partial charge on any atom is 0.273 e. The standard InChI is InChI=1S/C21H20FN3O2/c22-18-9-5-4-8-17(18)20-12-19(24-27-20)21(26)23-13-15-10-11-25(14-15)16-6-2-1-3-7-16/h1-9,12,15H,10-11,13-14H2,(H,23,26)/t15-/m0/s1. The fraction of sp³-hybridized carbons (Fsp3) is 0.238. The summed E-state index contributed by atoms with van der Waals surface area (Å²) in [5.74, 6) is -0.0893. The van der Waals surface area contributed by atoms with E-state index in [0.29, 0.717) is 18.0 Å². The highest BCUT2D eigenvalue weighted by Crippen LogP contribution is 2.24. The van der Waals surface area contributed by atoms with Gasteiger partial charge in [-0.15, -0.1) is 0 Å². The van der Waals surface area contributed by atoms with Gasteiger partial charge in [-0.05, 0) is 36.6 Å². The van der Waals surface area contributed by atoms with Crippen LogP contribution in [0.3, 0.4) is 0 Å². The smallest absolute Gasteiger partial charge is 0.273 e. The summed E-state index contributed by atoms with van der Waals surface area (Å²) in [6.07, 6.45) is 1.02. The summed E-state index contributed by atoms with van der Waals surface area (Å²) in [5.41, 5.74) is 1.65. The van der Waals surface area contributed by atoms with Crippen molar-refractivity contribution in [3.63, 3.8) is 0 Å². The van der Waals surface area contributed by atoms with E-state index in [2.05, 4.69) is 27.5 Å². The van der Waals surface area contributed by atoms with Gasteiger partial charge in [0.25, 0.3) is 5.91 Å². The second-order valence-corrected chi connectivity index (χ2v) is 6.70. The Bertz CT molecular complexity index is 926. The quantitative estimate of drug-likeness (QED) is 0.748. The molecule has 1 N–H and O–H groups in total. The third-order valence-corrected chi connectivity index (χ3v) is 4.84. The molecule has 0 spiro atoms. The molecule has 1 aliphatic heterocycles. The molecule has 2 aromatic carbocycles. The van der Waals surface area contributed by atoms with Gasteiger partial charge in [-0.1, -0.05) is 35.5 Å². The molecule has 1 fully saturated rings. The van der Waals surface area contributed by atoms with Crippen molar-refractivity contribution in [3.8, 4) is 11.3 Å². The van der Waals surface area contributed by atoms with Crippen LogP contribution < -0.4 is 10.2 Å². The number of anilines is 1. The molecule has 5 nitrogen and oxygen atoms in total. The van der Waals surface area contributed by atoms with Crippen LogP contribution in [0.2, 0.25) is 0 Å². The summed E-state index contributed by atoms with van der Waals surface area (Å²) in [4.78, 5) is 14.7. The Balaban J connectivity index is 1.33. The fourth-order valence-electron chi connectivity index (χ4n) is 3.37. The molecule has 3 aromatic rings. The van der Waals surface area contributed by atoms with E-state index in [-0.39, 0.29) is 17.4 Å². The van der Waals surface area contributed by atoms with E-state index >= 15 is 0 Å². The lowest BCUT2D eigenvalue weighted by Crippen LogP contribution is -2.31. The minimum Gasteiger partial charge on any atom is -0.371 e. The van der Waals surface area contributed by atoms with Gasteiger partial charge in [0, 0.05) is 31.4 Å². The molecule has 4 rings (SSSR count). The van der Waals surface area contributed by atoms with Crippen molar-refractivity contribution < 1.29 is 13.7 Å². The Kier molecular flexibility index (Phi) is 4.87. The number of aromatic nitrogens is 1. The van der Waals surface area contributed by atoms with Crippen molar-refractivity contribution in [1.29, 1.82) is 0 Å². The minimum absolute atomic E-state index is 0.158. The summed E-state index contributed by atoms with van der Waals surface area (Å²) in [6.45, 7) is 2.46. The summed E-state index contributed by atoms with van der Waals surface area (Å²) in [6, 6.07) is 18.0. The SMILES string of the molecule is O=C(NC[C@@H]1CCN(c2ccccc2)C1)c1cc(-c2ccccc2F)on1. The molecule has 6 heteroatoms. The number of benzene rings is 2. The molecule has 1 atom stereocenters. The van der Waals surface area contributed by atoms with Gasteiger partial charge in [0.15, 0.2) is 11.5 Å². The van der Waals surface area contributed by atoms with Crippen molar-refractivity contribution in [2.24, 2.45) is 5.92 Å². The molecule has 2 heterocycles. The molecule has 138 valence electrons. The molecule has 0 aliphatic carbocycles. The first kappa shape index (κ1) is 17.3. The lowest BCUT2D eigenvalue weighted by atomic mass is 10.1. The van der Waals surface area contributed by atoms with Crippen LogP contribution in [0.4, 0.5) is 10.1 Å². The highest BCUT2D eigenvalue weighted by Gasteiger charge is 2.24. The van der Waals surface area contributed by atoms with Crippen molar-refractivity contribution in [2.45, 2.75) is 6.42 Å². The Morgan fingerprint density at radius 3 is 2.78 bits per heavy atom. The molecule has 1 saturated heterocycles. The third kappa shape index (κ3) is 3.84. The topological polar surface area (TPSA) is 58.4 Å². The predicted octanol–water partition coefficient (Wildman–Crippen LogP) is 3.74. The molecule has 0 radical (unpaired) electrons. The van der Waals surface area contributed by atoms with Gasteiger partial charge >= 0.3 is 0 Å². The molecule has 1 aromatic heterocycles. The Morgan fingerprint density at radius 1 is 1.19 bits per heavy atom. The van der Waals surface area contributed by atoms with E-state index < -0.39 is 5.82 Å². The van der Waals surface area contributed by atoms with Crippen molar-refractivity contribution in [3.05, 3.63) is 72.2 Å². The van der Waals surface area contributed by atoms with Gasteiger partial charge in [-0.3, -0.25) is 4.79 Å². The summed E-state index contributed by atoms with van der Waals surface area (Å²) in [7, 11) is 0. The van der Waals surface area contributed by atoms with Crippen LogP contribution >= 0.6 is 0 Å². The molecule has 27 heavy (non-hydrogen) atoms. The van der Waals surface area contributed by atoms with Crippen LogP contribution in [-0.2, 0) is 0 Å². The van der Waals surface area contributed by atoms with E-state index in [0.717, 1.165) is 19.5 Å². The summed E-state index contributed by atoms with van der Waals surface area (Å²) >= 11 is 0. The van der Waals surface area contributed by atoms with Crippen LogP contribution in [0.1, 0.15) is 16.9 Å². The van der Waals surface area contributed by atoms with Crippen molar-refractivity contribution >= 4 is 11.6 Å². The van der Waals surface area contributed by atoms with Gasteiger partial charge in [0.05, 0.1) is 5.56 Å². The molecular formula is C21H20FN3O2. The van der Waals surface area contributed by atoms with E-state index in [1.807, 2.05) is 18.2 Å². The second-order valence-electron chi connectivity index (χ2n) is 6.70. The number of nitrogens with one attached hydrogen (secondary N) is 1. The molecule has 0 saturated carbocycles. The first-order valence-corrected chi connectivity index (χ1v) is 9.00. The van der Waals surface area contributed by atoms with Crippen LogP contribution in [0.5, 0.6) is 0 Å². The first-order chi connectivity index (χ1) is 13.2. The van der Waals surface area contributed by atoms with E-state index in [1.54, 1.807) is 18.2 Å². The minimum atomic E-state index is -0.410. The van der Waals surface area contributed by atoms with Gasteiger partial charge in [-0.2, -0.15) is 0 Å². The molecular weight excluding hydrogens is 345 g/mol. The fourth-order valence-corrected chi connectivity index (χ4v) is 3.37. The summed E-state index contributed by atoms with van der Waals surface area (Å²) in [5, 5.41) is 6.69. The number of carbonyl (C=O) groups is 1. The molecule has 0 unspecified atom stereocenters. The number of halogens is 1. The lowest BCUT2D eigenvalue weighted by molar-refractivity contribution is 0.0939. The Morgan fingerprint density at radius 2 is 1.96 bits per heavy atom. The number of hydrogen-bond donors (Lipinski definition) is 1. The van der Waals surface area contributed by atoms with Crippen LogP contribution in [0.25, 0.3) is 11.3 Å². The normalized spacial score (nSPS) is 16.5.